The Hall–Kier alpha value is -4.28. The molecule has 0 aliphatic carbocycles. The van der Waals surface area contributed by atoms with Crippen molar-refractivity contribution >= 4 is 35.4 Å². The standard InChI is InChI=1S/C21H22N8O3/c30-18-10-9-15(13-17(18)29(31)32)14-22-27-20-24-19(23-16-7-3-1-4-8-16)25-21(26-20)28-11-5-2-6-12-28/h1,3-4,7-10,13-14,30H,2,5-6,11-12H2,(H2,23,24,25,26,27). The van der Waals surface area contributed by atoms with Gasteiger partial charge >= 0.3 is 5.69 Å². The minimum Gasteiger partial charge on any atom is -0.502 e. The number of para-hydroxylation sites is 1. The number of nitro benzene ring substituents is 1. The number of anilines is 4. The molecule has 2 aromatic carbocycles. The topological polar surface area (TPSA) is 142 Å². The Balaban J connectivity index is 1.56. The van der Waals surface area contributed by atoms with E-state index in [0.717, 1.165) is 31.6 Å². The summed E-state index contributed by atoms with van der Waals surface area (Å²) in [6.07, 6.45) is 4.73. The summed E-state index contributed by atoms with van der Waals surface area (Å²) in [7, 11) is 0. The quantitative estimate of drug-likeness (QED) is 0.288. The van der Waals surface area contributed by atoms with Crippen molar-refractivity contribution in [2.45, 2.75) is 19.3 Å². The van der Waals surface area contributed by atoms with Crippen molar-refractivity contribution in [3.63, 3.8) is 0 Å². The van der Waals surface area contributed by atoms with E-state index in [0.29, 0.717) is 17.5 Å². The molecule has 0 unspecified atom stereocenters. The zero-order valence-corrected chi connectivity index (χ0v) is 17.2. The van der Waals surface area contributed by atoms with Gasteiger partial charge in [0.15, 0.2) is 5.75 Å². The predicted octanol–water partition coefficient (Wildman–Crippen LogP) is 3.67. The summed E-state index contributed by atoms with van der Waals surface area (Å²) < 4.78 is 0. The maximum atomic E-state index is 11.0. The van der Waals surface area contributed by atoms with Crippen LogP contribution >= 0.6 is 0 Å². The van der Waals surface area contributed by atoms with Crippen LogP contribution in [-0.2, 0) is 0 Å². The lowest BCUT2D eigenvalue weighted by Crippen LogP contribution is -2.31. The number of nitrogens with zero attached hydrogens (tertiary/aromatic N) is 6. The van der Waals surface area contributed by atoms with Gasteiger partial charge < -0.3 is 15.3 Å². The van der Waals surface area contributed by atoms with Gasteiger partial charge in [0.25, 0.3) is 0 Å². The highest BCUT2D eigenvalue weighted by Crippen LogP contribution is 2.25. The van der Waals surface area contributed by atoms with Crippen LogP contribution in [0, 0.1) is 10.1 Å². The molecule has 164 valence electrons. The average Bonchev–Trinajstić information content (AvgIpc) is 2.81. The number of benzene rings is 2. The van der Waals surface area contributed by atoms with Crippen molar-refractivity contribution in [1.82, 2.24) is 15.0 Å². The first-order chi connectivity index (χ1) is 15.6. The highest BCUT2D eigenvalue weighted by molar-refractivity contribution is 5.82. The number of rotatable bonds is 7. The van der Waals surface area contributed by atoms with Crippen LogP contribution in [0.2, 0.25) is 0 Å². The molecule has 3 N–H and O–H groups in total. The minimum atomic E-state index is -0.654. The first kappa shape index (κ1) is 21.0. The number of phenolic OH excluding ortho intramolecular Hbond substituents is 1. The van der Waals surface area contributed by atoms with Gasteiger partial charge in [-0.1, -0.05) is 18.2 Å². The van der Waals surface area contributed by atoms with Gasteiger partial charge in [-0.2, -0.15) is 20.1 Å². The van der Waals surface area contributed by atoms with E-state index in [4.69, 9.17) is 0 Å². The van der Waals surface area contributed by atoms with Crippen molar-refractivity contribution in [2.75, 3.05) is 28.7 Å². The minimum absolute atomic E-state index is 0.239. The second kappa shape index (κ2) is 9.69. The van der Waals surface area contributed by atoms with Crippen LogP contribution in [0.4, 0.5) is 29.2 Å². The molecule has 0 bridgehead atoms. The van der Waals surface area contributed by atoms with Crippen molar-refractivity contribution < 1.29 is 10.0 Å². The molecule has 2 heterocycles. The number of aromatic hydroxyl groups is 1. The van der Waals surface area contributed by atoms with Crippen LogP contribution < -0.4 is 15.6 Å². The van der Waals surface area contributed by atoms with E-state index < -0.39 is 16.4 Å². The fourth-order valence-corrected chi connectivity index (χ4v) is 3.29. The molecular weight excluding hydrogens is 412 g/mol. The SMILES string of the molecule is O=[N+]([O-])c1cc(C=NNc2nc(Nc3ccccc3)nc(N3CCCCC3)n2)ccc1O. The third-order valence-electron chi connectivity index (χ3n) is 4.87. The Morgan fingerprint density at radius 2 is 1.78 bits per heavy atom. The third-order valence-corrected chi connectivity index (χ3v) is 4.87. The van der Waals surface area contributed by atoms with Crippen LogP contribution in [0.1, 0.15) is 24.8 Å². The zero-order valence-electron chi connectivity index (χ0n) is 17.2. The number of aromatic nitrogens is 3. The van der Waals surface area contributed by atoms with Crippen LogP contribution in [0.25, 0.3) is 0 Å². The second-order valence-electron chi connectivity index (χ2n) is 7.20. The third kappa shape index (κ3) is 5.25. The molecule has 11 heteroatoms. The molecule has 0 spiro atoms. The van der Waals surface area contributed by atoms with Gasteiger partial charge in [0.05, 0.1) is 11.1 Å². The molecular formula is C21H22N8O3. The first-order valence-electron chi connectivity index (χ1n) is 10.2. The van der Waals surface area contributed by atoms with E-state index >= 15 is 0 Å². The van der Waals surface area contributed by atoms with Gasteiger partial charge in [0.2, 0.25) is 17.8 Å². The maximum absolute atomic E-state index is 11.0. The average molecular weight is 434 g/mol. The molecule has 32 heavy (non-hydrogen) atoms. The van der Waals surface area contributed by atoms with E-state index in [9.17, 15) is 15.2 Å². The fourth-order valence-electron chi connectivity index (χ4n) is 3.29. The van der Waals surface area contributed by atoms with E-state index in [-0.39, 0.29) is 5.95 Å². The summed E-state index contributed by atoms with van der Waals surface area (Å²) in [4.78, 5) is 25.9. The summed E-state index contributed by atoms with van der Waals surface area (Å²) >= 11 is 0. The van der Waals surface area contributed by atoms with Crippen LogP contribution in [0.5, 0.6) is 5.75 Å². The van der Waals surface area contributed by atoms with Crippen LogP contribution in [0.15, 0.2) is 53.6 Å². The van der Waals surface area contributed by atoms with Gasteiger partial charge in [-0.05, 0) is 43.5 Å². The lowest BCUT2D eigenvalue weighted by atomic mass is 10.1. The Kier molecular flexibility index (Phi) is 6.35. The summed E-state index contributed by atoms with van der Waals surface area (Å²) in [5.74, 6) is 0.768. The molecule has 4 rings (SSSR count). The molecule has 11 nitrogen and oxygen atoms in total. The molecule has 1 fully saturated rings. The first-order valence-corrected chi connectivity index (χ1v) is 10.2. The van der Waals surface area contributed by atoms with E-state index in [2.05, 4.69) is 35.7 Å². The van der Waals surface area contributed by atoms with E-state index in [1.54, 1.807) is 0 Å². The predicted molar refractivity (Wildman–Crippen MR) is 122 cm³/mol. The number of phenols is 1. The largest absolute Gasteiger partial charge is 0.502 e. The van der Waals surface area contributed by atoms with Crippen molar-refractivity contribution in [3.05, 3.63) is 64.2 Å². The molecule has 1 aliphatic rings. The van der Waals surface area contributed by atoms with Crippen molar-refractivity contribution in [2.24, 2.45) is 5.10 Å². The second-order valence-corrected chi connectivity index (χ2v) is 7.20. The molecule has 1 aromatic heterocycles. The lowest BCUT2D eigenvalue weighted by molar-refractivity contribution is -0.385. The summed E-state index contributed by atoms with van der Waals surface area (Å²) in [6, 6.07) is 13.6. The van der Waals surface area contributed by atoms with Crippen molar-refractivity contribution in [3.8, 4) is 5.75 Å². The Bertz CT molecular complexity index is 1120. The lowest BCUT2D eigenvalue weighted by Gasteiger charge is -2.26. The monoisotopic (exact) mass is 434 g/mol. The van der Waals surface area contributed by atoms with Gasteiger partial charge in [-0.3, -0.25) is 10.1 Å². The van der Waals surface area contributed by atoms with Gasteiger partial charge in [0.1, 0.15) is 0 Å². The molecule has 0 saturated carbocycles. The normalized spacial score (nSPS) is 13.8. The Morgan fingerprint density at radius 3 is 2.53 bits per heavy atom. The molecule has 0 atom stereocenters. The fraction of sp³-hybridized carbons (Fsp3) is 0.238. The molecule has 0 amide bonds. The van der Waals surface area contributed by atoms with Crippen LogP contribution in [-0.4, -0.2) is 44.3 Å². The maximum Gasteiger partial charge on any atom is 0.311 e. The number of nitro groups is 1. The summed E-state index contributed by atoms with van der Waals surface area (Å²) in [5.41, 5.74) is 3.66. The van der Waals surface area contributed by atoms with Gasteiger partial charge in [-0.15, -0.1) is 0 Å². The van der Waals surface area contributed by atoms with E-state index in [1.165, 1.54) is 30.8 Å². The smallest absolute Gasteiger partial charge is 0.311 e. The number of nitrogens with one attached hydrogen (secondary N) is 2. The van der Waals surface area contributed by atoms with E-state index in [1.807, 2.05) is 30.3 Å². The zero-order chi connectivity index (χ0) is 22.3. The number of hydrogen-bond acceptors (Lipinski definition) is 10. The number of hydrogen-bond donors (Lipinski definition) is 3. The summed E-state index contributed by atoms with van der Waals surface area (Å²) in [5, 5.41) is 27.8. The Morgan fingerprint density at radius 1 is 1.03 bits per heavy atom. The highest BCUT2D eigenvalue weighted by Gasteiger charge is 2.17. The van der Waals surface area contributed by atoms with Crippen molar-refractivity contribution in [1.29, 1.82) is 0 Å². The molecule has 0 radical (unpaired) electrons. The summed E-state index contributed by atoms with van der Waals surface area (Å²) in [6.45, 7) is 1.74. The number of hydrazone groups is 1. The van der Waals surface area contributed by atoms with Gasteiger partial charge in [-0.25, -0.2) is 5.43 Å². The van der Waals surface area contributed by atoms with Gasteiger partial charge in [0, 0.05) is 30.4 Å². The molecule has 1 aliphatic heterocycles. The highest BCUT2D eigenvalue weighted by atomic mass is 16.6. The van der Waals surface area contributed by atoms with Crippen LogP contribution in [0.3, 0.4) is 0 Å². The number of piperidine rings is 1. The molecule has 1 saturated heterocycles. The molecule has 3 aromatic rings. The Labute approximate surface area is 184 Å².